The zero-order chi connectivity index (χ0) is 21.5. The Bertz CT molecular complexity index is 1000. The number of para-hydroxylation sites is 1. The lowest BCUT2D eigenvalue weighted by molar-refractivity contribution is 0.187. The first-order valence-corrected chi connectivity index (χ1v) is 10.9. The number of carbonyl (C=O) groups is 1. The lowest BCUT2D eigenvalue weighted by Crippen LogP contribution is -2.36. The highest BCUT2D eigenvalue weighted by Crippen LogP contribution is 2.22. The number of pyridine rings is 1. The minimum Gasteiger partial charge on any atom is -0.497 e. The minimum absolute atomic E-state index is 0.152. The van der Waals surface area contributed by atoms with E-state index in [2.05, 4.69) is 15.2 Å². The Balaban J connectivity index is 1.44. The molecule has 1 fully saturated rings. The van der Waals surface area contributed by atoms with E-state index in [4.69, 9.17) is 9.47 Å². The fourth-order valence-corrected chi connectivity index (χ4v) is 4.02. The number of nitrogens with one attached hydrogen (secondary N) is 1. The van der Waals surface area contributed by atoms with Crippen molar-refractivity contribution >= 4 is 17.0 Å². The van der Waals surface area contributed by atoms with Crippen molar-refractivity contribution < 1.29 is 14.3 Å². The van der Waals surface area contributed by atoms with E-state index in [1.807, 2.05) is 54.6 Å². The van der Waals surface area contributed by atoms with Gasteiger partial charge in [-0.05, 0) is 62.2 Å². The second-order valence-corrected chi connectivity index (χ2v) is 7.89. The topological polar surface area (TPSA) is 63.7 Å². The van der Waals surface area contributed by atoms with Crippen LogP contribution in [0.3, 0.4) is 0 Å². The summed E-state index contributed by atoms with van der Waals surface area (Å²) in [5, 5.41) is 4.05. The molecule has 0 saturated carbocycles. The number of fused-ring (bicyclic) bond motifs is 1. The summed E-state index contributed by atoms with van der Waals surface area (Å²) in [6.45, 7) is 3.19. The molecule has 0 radical (unpaired) electrons. The maximum absolute atomic E-state index is 12.7. The second kappa shape index (κ2) is 10.3. The van der Waals surface area contributed by atoms with Crippen LogP contribution in [0.5, 0.6) is 11.6 Å². The number of hydrogen-bond donors (Lipinski definition) is 1. The van der Waals surface area contributed by atoms with Crippen molar-refractivity contribution in [2.45, 2.75) is 31.7 Å². The van der Waals surface area contributed by atoms with Gasteiger partial charge in [0.2, 0.25) is 5.88 Å². The van der Waals surface area contributed by atoms with Gasteiger partial charge in [0.1, 0.15) is 5.75 Å². The van der Waals surface area contributed by atoms with Gasteiger partial charge in [-0.15, -0.1) is 0 Å². The maximum Gasteiger partial charge on any atom is 0.414 e. The fraction of sp³-hybridized carbons (Fsp3) is 0.360. The molecule has 0 aliphatic carbocycles. The number of amides is 1. The molecule has 4 rings (SSSR count). The van der Waals surface area contributed by atoms with Crippen molar-refractivity contribution in [3.8, 4) is 11.6 Å². The average Bonchev–Trinajstić information content (AvgIpc) is 2.82. The summed E-state index contributed by atoms with van der Waals surface area (Å²) >= 11 is 0. The van der Waals surface area contributed by atoms with E-state index >= 15 is 0 Å². The minimum atomic E-state index is -0.498. The highest BCUT2D eigenvalue weighted by atomic mass is 16.6. The molecule has 31 heavy (non-hydrogen) atoms. The summed E-state index contributed by atoms with van der Waals surface area (Å²) < 4.78 is 10.8. The Labute approximate surface area is 183 Å². The van der Waals surface area contributed by atoms with Crippen LogP contribution in [0, 0.1) is 0 Å². The van der Waals surface area contributed by atoms with Gasteiger partial charge in [-0.1, -0.05) is 36.8 Å². The van der Waals surface area contributed by atoms with Crippen LogP contribution in [0.25, 0.3) is 10.9 Å². The normalized spacial score (nSPS) is 15.4. The molecule has 1 aromatic heterocycles. The molecule has 1 saturated heterocycles. The molecular formula is C25H29N3O3. The summed E-state index contributed by atoms with van der Waals surface area (Å²) in [6, 6.07) is 19.1. The predicted molar refractivity (Wildman–Crippen MR) is 122 cm³/mol. The monoisotopic (exact) mass is 419 g/mol. The van der Waals surface area contributed by atoms with E-state index in [0.29, 0.717) is 5.88 Å². The molecule has 0 spiro atoms. The Hall–Kier alpha value is -3.12. The lowest BCUT2D eigenvalue weighted by Gasteiger charge is -2.28. The van der Waals surface area contributed by atoms with Crippen molar-refractivity contribution in [3.05, 3.63) is 66.2 Å². The van der Waals surface area contributed by atoms with Gasteiger partial charge in [-0.2, -0.15) is 0 Å². The zero-order valence-electron chi connectivity index (χ0n) is 17.9. The fourth-order valence-electron chi connectivity index (χ4n) is 4.02. The van der Waals surface area contributed by atoms with E-state index in [-0.39, 0.29) is 6.04 Å². The summed E-state index contributed by atoms with van der Waals surface area (Å²) in [7, 11) is 1.65. The van der Waals surface area contributed by atoms with Gasteiger partial charge in [0.15, 0.2) is 0 Å². The largest absolute Gasteiger partial charge is 0.497 e. The van der Waals surface area contributed by atoms with Crippen LogP contribution in [0.1, 0.15) is 37.3 Å². The van der Waals surface area contributed by atoms with E-state index in [0.717, 1.165) is 48.3 Å². The average molecular weight is 420 g/mol. The number of piperidine rings is 1. The molecule has 3 aromatic rings. The van der Waals surface area contributed by atoms with Crippen molar-refractivity contribution in [2.24, 2.45) is 0 Å². The summed E-state index contributed by atoms with van der Waals surface area (Å²) in [5.74, 6) is 1.09. The summed E-state index contributed by atoms with van der Waals surface area (Å²) in [5.41, 5.74) is 1.82. The van der Waals surface area contributed by atoms with Crippen LogP contribution in [-0.2, 0) is 0 Å². The molecule has 1 atom stereocenters. The number of aromatic nitrogens is 1. The van der Waals surface area contributed by atoms with Crippen LogP contribution in [0.2, 0.25) is 0 Å². The van der Waals surface area contributed by atoms with Crippen LogP contribution in [0.4, 0.5) is 4.79 Å². The number of nitrogens with zero attached hydrogens (tertiary/aromatic N) is 2. The number of methoxy groups -OCH3 is 1. The number of ether oxygens (including phenoxy) is 2. The predicted octanol–water partition coefficient (Wildman–Crippen LogP) is 4.95. The SMILES string of the molecule is COc1ccc(C(CCN2CCCCC2)NC(=O)Oc2ccc3ccccc3n2)cc1. The van der Waals surface area contributed by atoms with Gasteiger partial charge in [-0.25, -0.2) is 9.78 Å². The molecule has 1 aliphatic rings. The van der Waals surface area contributed by atoms with Gasteiger partial charge >= 0.3 is 6.09 Å². The van der Waals surface area contributed by atoms with Gasteiger partial charge in [0.05, 0.1) is 18.7 Å². The zero-order valence-corrected chi connectivity index (χ0v) is 17.9. The van der Waals surface area contributed by atoms with E-state index in [1.54, 1.807) is 13.2 Å². The van der Waals surface area contributed by atoms with Crippen molar-refractivity contribution in [2.75, 3.05) is 26.7 Å². The summed E-state index contributed by atoms with van der Waals surface area (Å²) in [6.07, 6.45) is 4.11. The molecule has 2 heterocycles. The maximum atomic E-state index is 12.7. The number of benzene rings is 2. The quantitative estimate of drug-likeness (QED) is 0.587. The third-order valence-corrected chi connectivity index (χ3v) is 5.76. The molecule has 1 unspecified atom stereocenters. The smallest absolute Gasteiger partial charge is 0.414 e. The van der Waals surface area contributed by atoms with Gasteiger partial charge in [0, 0.05) is 18.0 Å². The highest BCUT2D eigenvalue weighted by Gasteiger charge is 2.19. The van der Waals surface area contributed by atoms with Gasteiger partial charge in [0.25, 0.3) is 0 Å². The first kappa shape index (κ1) is 21.1. The third-order valence-electron chi connectivity index (χ3n) is 5.76. The molecule has 6 nitrogen and oxygen atoms in total. The summed E-state index contributed by atoms with van der Waals surface area (Å²) in [4.78, 5) is 19.6. The first-order valence-electron chi connectivity index (χ1n) is 10.9. The van der Waals surface area contributed by atoms with Crippen LogP contribution in [0.15, 0.2) is 60.7 Å². The molecule has 1 amide bonds. The van der Waals surface area contributed by atoms with Gasteiger partial charge in [-0.3, -0.25) is 0 Å². The number of hydrogen-bond acceptors (Lipinski definition) is 5. The second-order valence-electron chi connectivity index (χ2n) is 7.89. The van der Waals surface area contributed by atoms with E-state index < -0.39 is 6.09 Å². The van der Waals surface area contributed by atoms with E-state index in [9.17, 15) is 4.79 Å². The molecular weight excluding hydrogens is 390 g/mol. The molecule has 0 bridgehead atoms. The molecule has 162 valence electrons. The number of carbonyl (C=O) groups excluding carboxylic acids is 1. The Morgan fingerprint density at radius 3 is 2.58 bits per heavy atom. The number of likely N-dealkylation sites (tertiary alicyclic amines) is 1. The van der Waals surface area contributed by atoms with E-state index in [1.165, 1.54) is 19.3 Å². The van der Waals surface area contributed by atoms with Crippen molar-refractivity contribution in [3.63, 3.8) is 0 Å². The van der Waals surface area contributed by atoms with Crippen molar-refractivity contribution in [1.82, 2.24) is 15.2 Å². The van der Waals surface area contributed by atoms with Crippen LogP contribution >= 0.6 is 0 Å². The van der Waals surface area contributed by atoms with Gasteiger partial charge < -0.3 is 19.7 Å². The molecule has 2 aromatic carbocycles. The van der Waals surface area contributed by atoms with Crippen molar-refractivity contribution in [1.29, 1.82) is 0 Å². The highest BCUT2D eigenvalue weighted by molar-refractivity contribution is 5.79. The Morgan fingerprint density at radius 1 is 1.03 bits per heavy atom. The molecule has 1 N–H and O–H groups in total. The third kappa shape index (κ3) is 5.73. The lowest BCUT2D eigenvalue weighted by atomic mass is 10.0. The Morgan fingerprint density at radius 2 is 1.81 bits per heavy atom. The standard InChI is InChI=1S/C25H29N3O3/c1-30-21-12-9-20(10-13-21)23(15-18-28-16-5-2-6-17-28)27-25(29)31-24-14-11-19-7-3-4-8-22(19)26-24/h3-4,7-14,23H,2,5-6,15-18H2,1H3,(H,27,29). The van der Waals surface area contributed by atoms with Crippen LogP contribution in [-0.4, -0.2) is 42.7 Å². The Kier molecular flexibility index (Phi) is 6.99. The molecule has 1 aliphatic heterocycles. The first-order chi connectivity index (χ1) is 15.2. The number of rotatable bonds is 7. The molecule has 6 heteroatoms. The van der Waals surface area contributed by atoms with Crippen LogP contribution < -0.4 is 14.8 Å².